The van der Waals surface area contributed by atoms with E-state index in [1.54, 1.807) is 0 Å². The molecule has 0 amide bonds. The van der Waals surface area contributed by atoms with Crippen molar-refractivity contribution in [3.63, 3.8) is 0 Å². The van der Waals surface area contributed by atoms with Crippen molar-refractivity contribution in [3.8, 4) is 0 Å². The molecule has 0 aliphatic rings. The molecule has 0 saturated carbocycles. The van der Waals surface area contributed by atoms with Gasteiger partial charge in [-0.25, -0.2) is 0 Å². The van der Waals surface area contributed by atoms with Crippen LogP contribution in [-0.4, -0.2) is 9.52 Å². The summed E-state index contributed by atoms with van der Waals surface area (Å²) < 4.78 is 0. The van der Waals surface area contributed by atoms with E-state index in [0.29, 0.717) is 0 Å². The first kappa shape index (κ1) is 33.9. The summed E-state index contributed by atoms with van der Waals surface area (Å²) in [7, 11) is 1.08. The molecule has 0 aromatic heterocycles. The van der Waals surface area contributed by atoms with Crippen LogP contribution in [0.4, 0.5) is 0 Å². The molecule has 4 aromatic carbocycles. The largest absolute Gasteiger partial charge is 4.00 e. The second-order valence-electron chi connectivity index (χ2n) is 8.68. The fraction of sp³-hybridized carbons (Fsp3) is 0.357. The molecule has 4 rings (SSSR count). The minimum Gasteiger partial charge on any atom is -1.00 e. The van der Waals surface area contributed by atoms with E-state index in [0.717, 1.165) is 21.4 Å². The zero-order valence-electron chi connectivity index (χ0n) is 20.3. The zero-order chi connectivity index (χ0) is 21.2. The average Bonchev–Trinajstić information content (AvgIpc) is 3.24. The van der Waals surface area contributed by atoms with Gasteiger partial charge in [-0.2, -0.15) is 12.1 Å². The molecule has 0 saturated heterocycles. The van der Waals surface area contributed by atoms with Crippen LogP contribution in [0.3, 0.4) is 0 Å². The van der Waals surface area contributed by atoms with Gasteiger partial charge in [-0.3, -0.25) is 0 Å². The van der Waals surface area contributed by atoms with Crippen molar-refractivity contribution in [1.29, 1.82) is 0 Å². The molecule has 0 aliphatic carbocycles. The van der Waals surface area contributed by atoms with E-state index in [4.69, 9.17) is 0 Å². The topological polar surface area (TPSA) is 0 Å². The van der Waals surface area contributed by atoms with E-state index in [2.05, 4.69) is 114 Å². The van der Waals surface area contributed by atoms with Crippen LogP contribution in [0.15, 0.2) is 72.8 Å². The first-order valence-corrected chi connectivity index (χ1v) is 12.8. The molecule has 0 N–H and O–H groups in total. The van der Waals surface area contributed by atoms with Crippen molar-refractivity contribution in [1.82, 2.24) is 0 Å². The van der Waals surface area contributed by atoms with Gasteiger partial charge in [-0.05, 0) is 24.7 Å². The summed E-state index contributed by atoms with van der Waals surface area (Å²) in [5, 5.41) is 5.49. The normalized spacial score (nSPS) is 9.75. The quantitative estimate of drug-likeness (QED) is 0.235. The molecular formula is C28H36Br2SiZr. The Balaban J connectivity index is 0. The van der Waals surface area contributed by atoms with E-state index in [1.165, 1.54) is 45.5 Å². The predicted octanol–water partition coefficient (Wildman–Crippen LogP) is 2.31. The van der Waals surface area contributed by atoms with E-state index < -0.39 is 0 Å². The van der Waals surface area contributed by atoms with Gasteiger partial charge in [0.1, 0.15) is 0 Å². The molecule has 0 atom stereocenters. The fourth-order valence-electron chi connectivity index (χ4n) is 3.61. The molecule has 32 heavy (non-hydrogen) atoms. The maximum atomic E-state index is 2.30. The number of benzene rings is 2. The second-order valence-corrected chi connectivity index (χ2v) is 9.68. The van der Waals surface area contributed by atoms with E-state index in [9.17, 15) is 0 Å². The average molecular weight is 652 g/mol. The van der Waals surface area contributed by atoms with Crippen molar-refractivity contribution in [2.75, 3.05) is 0 Å². The Hall–Kier alpha value is -0.280. The van der Waals surface area contributed by atoms with Gasteiger partial charge in [-0.1, -0.05) is 52.9 Å². The maximum absolute atomic E-state index is 2.30. The van der Waals surface area contributed by atoms with Crippen LogP contribution >= 0.6 is 0 Å². The van der Waals surface area contributed by atoms with Crippen LogP contribution in [0, 0.1) is 11.8 Å². The van der Waals surface area contributed by atoms with Gasteiger partial charge in [0.25, 0.3) is 0 Å². The van der Waals surface area contributed by atoms with Gasteiger partial charge in [0.05, 0.1) is 0 Å². The van der Waals surface area contributed by atoms with E-state index >= 15 is 0 Å². The summed E-state index contributed by atoms with van der Waals surface area (Å²) in [5.41, 5.74) is 2.94. The van der Waals surface area contributed by atoms with Crippen LogP contribution in [0.1, 0.15) is 38.8 Å². The Kier molecular flexibility index (Phi) is 19.2. The summed E-state index contributed by atoms with van der Waals surface area (Å²) in [6.45, 7) is 13.4. The molecule has 0 nitrogen and oxygen atoms in total. The fourth-order valence-corrected chi connectivity index (χ4v) is 3.61. The molecular weight excluding hydrogens is 615 g/mol. The Morgan fingerprint density at radius 3 is 1.25 bits per heavy atom. The maximum Gasteiger partial charge on any atom is 4.00 e. The molecule has 0 aliphatic heterocycles. The third-order valence-corrected chi connectivity index (χ3v) is 4.64. The summed E-state index contributed by atoms with van der Waals surface area (Å²) >= 11 is 0. The monoisotopic (exact) mass is 648 g/mol. The van der Waals surface area contributed by atoms with Crippen LogP contribution in [0.5, 0.6) is 0 Å². The van der Waals surface area contributed by atoms with Gasteiger partial charge in [0.15, 0.2) is 0 Å². The number of rotatable bonds is 4. The van der Waals surface area contributed by atoms with Crippen molar-refractivity contribution in [2.24, 2.45) is 11.8 Å². The first-order chi connectivity index (χ1) is 13.9. The minimum atomic E-state index is 0. The second kappa shape index (κ2) is 18.1. The smallest absolute Gasteiger partial charge is 1.00 e. The third kappa shape index (κ3) is 11.7. The number of fused-ring (bicyclic) bond motifs is 2. The molecule has 0 spiro atoms. The van der Waals surface area contributed by atoms with Gasteiger partial charge < -0.3 is 34.0 Å². The Morgan fingerprint density at radius 2 is 0.969 bits per heavy atom. The Labute approximate surface area is 238 Å². The van der Waals surface area contributed by atoms with Crippen molar-refractivity contribution < 1.29 is 60.2 Å². The number of hydrogen-bond acceptors (Lipinski definition) is 0. The van der Waals surface area contributed by atoms with Crippen molar-refractivity contribution >= 4 is 31.1 Å². The van der Waals surface area contributed by atoms with Gasteiger partial charge >= 0.3 is 26.2 Å². The van der Waals surface area contributed by atoms with Crippen molar-refractivity contribution in [2.45, 2.75) is 53.6 Å². The molecule has 0 fully saturated rings. The van der Waals surface area contributed by atoms with Crippen LogP contribution < -0.4 is 34.0 Å². The Morgan fingerprint density at radius 1 is 0.656 bits per heavy atom. The number of halogens is 2. The summed E-state index contributed by atoms with van der Waals surface area (Å²) in [5.74, 6) is 1.49. The predicted molar refractivity (Wildman–Crippen MR) is 134 cm³/mol. The summed E-state index contributed by atoms with van der Waals surface area (Å²) in [6.07, 6.45) is 2.38. The molecule has 0 heterocycles. The molecule has 4 heteroatoms. The minimum absolute atomic E-state index is 0. The third-order valence-electron chi connectivity index (χ3n) is 4.64. The van der Waals surface area contributed by atoms with E-state index in [1.807, 2.05) is 0 Å². The van der Waals surface area contributed by atoms with E-state index in [-0.39, 0.29) is 60.2 Å². The van der Waals surface area contributed by atoms with Gasteiger partial charge in [0.2, 0.25) is 0 Å². The van der Waals surface area contributed by atoms with Gasteiger partial charge in [0, 0.05) is 9.52 Å². The molecule has 170 valence electrons. The molecule has 2 radical (unpaired) electrons. The molecule has 4 aromatic rings. The number of hydrogen-bond donors (Lipinski definition) is 0. The first-order valence-electron chi connectivity index (χ1n) is 10.8. The molecule has 0 unspecified atom stereocenters. The molecule has 0 bridgehead atoms. The van der Waals surface area contributed by atoms with Crippen LogP contribution in [-0.2, 0) is 39.0 Å². The SMILES string of the molecule is CC(C)Cc1cc2ccccc2[cH-]1.CC(C)Cc1cc2ccccc2[cH-]1.C[Si]C.[Br-].[Br-].[Zr+4]. The Bertz CT molecular complexity index is 839. The zero-order valence-corrected chi connectivity index (χ0v) is 26.9. The van der Waals surface area contributed by atoms with Crippen molar-refractivity contribution in [3.05, 3.63) is 83.9 Å². The standard InChI is InChI=1S/2C13H15.C2H6Si.2BrH.Zr/c2*1-10(2)7-11-8-12-5-3-4-6-13(12)9-11;1-3-2;;;/h2*3-6,8-10H,7H2,1-2H3;1-2H3;2*1H;/q2*-1;;;;+4/p-2. The summed E-state index contributed by atoms with van der Waals surface area (Å²) in [4.78, 5) is 0. The summed E-state index contributed by atoms with van der Waals surface area (Å²) in [6, 6.07) is 26.3. The van der Waals surface area contributed by atoms with Crippen LogP contribution in [0.2, 0.25) is 13.1 Å². The van der Waals surface area contributed by atoms with Crippen LogP contribution in [0.25, 0.3) is 21.5 Å². The van der Waals surface area contributed by atoms with Gasteiger partial charge in [-0.15, -0.1) is 81.2 Å².